The zero-order valence-corrected chi connectivity index (χ0v) is 12.9. The van der Waals surface area contributed by atoms with Crippen LogP contribution in [0.15, 0.2) is 23.3 Å². The summed E-state index contributed by atoms with van der Waals surface area (Å²) in [5, 5.41) is 6.13. The molecular weight excluding hydrogens is 297 g/mol. The molecule has 0 atom stereocenters. The summed E-state index contributed by atoms with van der Waals surface area (Å²) < 4.78 is 41.4. The number of rotatable bonds is 6. The van der Waals surface area contributed by atoms with Gasteiger partial charge in [0.1, 0.15) is 0 Å². The molecule has 8 heteroatoms. The van der Waals surface area contributed by atoms with Crippen LogP contribution in [0, 0.1) is 5.92 Å². The molecule has 0 aliphatic rings. The highest BCUT2D eigenvalue weighted by Crippen LogP contribution is 2.19. The van der Waals surface area contributed by atoms with Gasteiger partial charge in [-0.1, -0.05) is 19.9 Å². The lowest BCUT2D eigenvalue weighted by atomic mass is 10.2. The Kier molecular flexibility index (Phi) is 6.94. The van der Waals surface area contributed by atoms with Crippen LogP contribution in [-0.2, 0) is 6.54 Å². The topological polar surface area (TPSA) is 58.5 Å². The fourth-order valence-electron chi connectivity index (χ4n) is 1.54. The number of alkyl halides is 3. The van der Waals surface area contributed by atoms with Gasteiger partial charge < -0.3 is 15.4 Å². The molecule has 5 nitrogen and oxygen atoms in total. The van der Waals surface area contributed by atoms with Crippen molar-refractivity contribution in [2.75, 3.05) is 20.2 Å². The van der Waals surface area contributed by atoms with Gasteiger partial charge in [-0.25, -0.2) is 4.98 Å². The van der Waals surface area contributed by atoms with Crippen molar-refractivity contribution in [3.05, 3.63) is 23.9 Å². The molecule has 0 spiro atoms. The van der Waals surface area contributed by atoms with Crippen LogP contribution in [0.2, 0.25) is 0 Å². The largest absolute Gasteiger partial charge is 0.468 e. The summed E-state index contributed by atoms with van der Waals surface area (Å²) in [7, 11) is 1.62. The molecule has 0 radical (unpaired) electrons. The Hall–Kier alpha value is -1.99. The van der Waals surface area contributed by atoms with E-state index in [1.807, 2.05) is 0 Å². The Labute approximate surface area is 128 Å². The maximum Gasteiger partial charge on any atom is 0.422 e. The highest BCUT2D eigenvalue weighted by Gasteiger charge is 2.29. The number of ether oxygens (including phenoxy) is 1. The first-order valence-corrected chi connectivity index (χ1v) is 6.89. The van der Waals surface area contributed by atoms with Gasteiger partial charge in [-0.3, -0.25) is 4.99 Å². The van der Waals surface area contributed by atoms with Crippen LogP contribution < -0.4 is 15.4 Å². The van der Waals surface area contributed by atoms with E-state index in [0.29, 0.717) is 17.4 Å². The second-order valence-electron chi connectivity index (χ2n) is 5.07. The Bertz CT molecular complexity index is 489. The Morgan fingerprint density at radius 2 is 2.09 bits per heavy atom. The van der Waals surface area contributed by atoms with E-state index in [1.54, 1.807) is 19.2 Å². The number of nitrogens with zero attached hydrogens (tertiary/aromatic N) is 2. The average molecular weight is 318 g/mol. The Balaban J connectivity index is 2.61. The molecule has 124 valence electrons. The van der Waals surface area contributed by atoms with Crippen LogP contribution >= 0.6 is 0 Å². The molecule has 1 aromatic rings. The third kappa shape index (κ3) is 7.14. The molecular formula is C14H21F3N4O. The highest BCUT2D eigenvalue weighted by atomic mass is 19.4. The predicted molar refractivity (Wildman–Crippen MR) is 78.8 cm³/mol. The van der Waals surface area contributed by atoms with E-state index < -0.39 is 12.8 Å². The van der Waals surface area contributed by atoms with Crippen molar-refractivity contribution in [1.29, 1.82) is 0 Å². The van der Waals surface area contributed by atoms with E-state index in [-0.39, 0.29) is 12.4 Å². The number of aromatic nitrogens is 1. The van der Waals surface area contributed by atoms with Crippen molar-refractivity contribution in [2.24, 2.45) is 10.9 Å². The maximum absolute atomic E-state index is 12.2. The Morgan fingerprint density at radius 3 is 2.68 bits per heavy atom. The average Bonchev–Trinajstić information content (AvgIpc) is 2.45. The second kappa shape index (κ2) is 8.45. The van der Waals surface area contributed by atoms with Gasteiger partial charge in [0.05, 0.1) is 0 Å². The summed E-state index contributed by atoms with van der Waals surface area (Å²) in [6.07, 6.45) is -3.00. The van der Waals surface area contributed by atoms with Crippen molar-refractivity contribution < 1.29 is 17.9 Å². The standard InChI is InChI=1S/C14H21F3N4O/c1-10(2)7-20-13(18-3)21-8-11-5-4-6-19-12(11)22-9-14(15,16)17/h4-6,10H,7-9H2,1-3H3,(H2,18,20,21). The van der Waals surface area contributed by atoms with Crippen LogP contribution in [0.3, 0.4) is 0 Å². The van der Waals surface area contributed by atoms with Crippen molar-refractivity contribution in [3.63, 3.8) is 0 Å². The van der Waals surface area contributed by atoms with E-state index in [0.717, 1.165) is 6.54 Å². The molecule has 0 aliphatic carbocycles. The lowest BCUT2D eigenvalue weighted by Gasteiger charge is -2.15. The fourth-order valence-corrected chi connectivity index (χ4v) is 1.54. The summed E-state index contributed by atoms with van der Waals surface area (Å²) in [5.41, 5.74) is 0.527. The Morgan fingerprint density at radius 1 is 1.36 bits per heavy atom. The van der Waals surface area contributed by atoms with Gasteiger partial charge in [0, 0.05) is 31.9 Å². The third-order valence-corrected chi connectivity index (χ3v) is 2.57. The number of hydrogen-bond donors (Lipinski definition) is 2. The third-order valence-electron chi connectivity index (χ3n) is 2.57. The maximum atomic E-state index is 12.2. The molecule has 22 heavy (non-hydrogen) atoms. The minimum atomic E-state index is -4.39. The van der Waals surface area contributed by atoms with Gasteiger partial charge in [0.25, 0.3) is 0 Å². The van der Waals surface area contributed by atoms with Crippen molar-refractivity contribution >= 4 is 5.96 Å². The molecule has 1 aromatic heterocycles. The SMILES string of the molecule is CN=C(NCc1cccnc1OCC(F)(F)F)NCC(C)C. The lowest BCUT2D eigenvalue weighted by molar-refractivity contribution is -0.154. The van der Waals surface area contributed by atoms with Gasteiger partial charge in [-0.05, 0) is 12.0 Å². The van der Waals surface area contributed by atoms with E-state index in [2.05, 4.69) is 34.5 Å². The number of nitrogens with one attached hydrogen (secondary N) is 2. The van der Waals surface area contributed by atoms with Crippen LogP contribution in [0.4, 0.5) is 13.2 Å². The van der Waals surface area contributed by atoms with E-state index >= 15 is 0 Å². The minimum Gasteiger partial charge on any atom is -0.468 e. The molecule has 0 unspecified atom stereocenters. The van der Waals surface area contributed by atoms with Crippen LogP contribution in [0.5, 0.6) is 5.88 Å². The summed E-state index contributed by atoms with van der Waals surface area (Å²) >= 11 is 0. The van der Waals surface area contributed by atoms with Gasteiger partial charge in [-0.2, -0.15) is 13.2 Å². The van der Waals surface area contributed by atoms with Crippen LogP contribution in [0.1, 0.15) is 19.4 Å². The number of halogens is 3. The molecule has 0 saturated heterocycles. The first-order valence-electron chi connectivity index (χ1n) is 6.89. The predicted octanol–water partition coefficient (Wildman–Crippen LogP) is 2.34. The number of pyridine rings is 1. The molecule has 0 aromatic carbocycles. The minimum absolute atomic E-state index is 0.0355. The molecule has 1 heterocycles. The van der Waals surface area contributed by atoms with Gasteiger partial charge in [-0.15, -0.1) is 0 Å². The monoisotopic (exact) mass is 318 g/mol. The van der Waals surface area contributed by atoms with E-state index in [9.17, 15) is 13.2 Å². The first-order chi connectivity index (χ1) is 10.3. The van der Waals surface area contributed by atoms with Gasteiger partial charge in [0.15, 0.2) is 12.6 Å². The molecule has 0 saturated carbocycles. The summed E-state index contributed by atoms with van der Waals surface area (Å²) in [6.45, 7) is 3.76. The molecule has 0 fully saturated rings. The van der Waals surface area contributed by atoms with Crippen LogP contribution in [0.25, 0.3) is 0 Å². The highest BCUT2D eigenvalue weighted by molar-refractivity contribution is 5.79. The zero-order chi connectivity index (χ0) is 16.6. The smallest absolute Gasteiger partial charge is 0.422 e. The number of guanidine groups is 1. The lowest BCUT2D eigenvalue weighted by Crippen LogP contribution is -2.38. The van der Waals surface area contributed by atoms with Crippen molar-refractivity contribution in [3.8, 4) is 5.88 Å². The van der Waals surface area contributed by atoms with Gasteiger partial charge >= 0.3 is 6.18 Å². The number of aliphatic imine (C=N–C) groups is 1. The summed E-state index contributed by atoms with van der Waals surface area (Å²) in [4.78, 5) is 7.88. The molecule has 2 N–H and O–H groups in total. The van der Waals surface area contributed by atoms with Gasteiger partial charge in [0.2, 0.25) is 5.88 Å². The molecule has 0 amide bonds. The van der Waals surface area contributed by atoms with Crippen molar-refractivity contribution in [2.45, 2.75) is 26.6 Å². The first kappa shape index (κ1) is 18.1. The van der Waals surface area contributed by atoms with E-state index in [4.69, 9.17) is 4.74 Å². The molecule has 0 aliphatic heterocycles. The summed E-state index contributed by atoms with van der Waals surface area (Å²) in [5.74, 6) is 0.980. The van der Waals surface area contributed by atoms with Crippen LogP contribution in [-0.4, -0.2) is 37.3 Å². The van der Waals surface area contributed by atoms with E-state index in [1.165, 1.54) is 6.20 Å². The second-order valence-corrected chi connectivity index (χ2v) is 5.07. The zero-order valence-electron chi connectivity index (χ0n) is 12.9. The fraction of sp³-hybridized carbons (Fsp3) is 0.571. The van der Waals surface area contributed by atoms with Crippen molar-refractivity contribution in [1.82, 2.24) is 15.6 Å². The summed E-state index contributed by atoms with van der Waals surface area (Å²) in [6, 6.07) is 3.29. The number of hydrogen-bond acceptors (Lipinski definition) is 3. The molecule has 0 bridgehead atoms. The quantitative estimate of drug-likeness (QED) is 0.624. The molecule has 1 rings (SSSR count). The normalized spacial score (nSPS) is 12.4.